The summed E-state index contributed by atoms with van der Waals surface area (Å²) in [7, 11) is 0. The first kappa shape index (κ1) is 32.0. The third kappa shape index (κ3) is 11.3. The molecule has 0 amide bonds. The first-order chi connectivity index (χ1) is 18.8. The molecule has 0 aliphatic carbocycles. The molecular formula is C28H24O12. The molecule has 208 valence electrons. The molecule has 0 unspecified atom stereocenters. The summed E-state index contributed by atoms with van der Waals surface area (Å²) in [5.41, 5.74) is -0.759. The summed E-state index contributed by atoms with van der Waals surface area (Å²) in [6.45, 7) is 0. The van der Waals surface area contributed by atoms with Crippen molar-refractivity contribution in [1.82, 2.24) is 0 Å². The van der Waals surface area contributed by atoms with Crippen molar-refractivity contribution in [2.75, 3.05) is 0 Å². The van der Waals surface area contributed by atoms with Gasteiger partial charge in [-0.3, -0.25) is 0 Å². The number of rotatable bonds is 4. The molecule has 0 fully saturated rings. The van der Waals surface area contributed by atoms with Crippen molar-refractivity contribution in [3.8, 4) is 23.0 Å². The van der Waals surface area contributed by atoms with Crippen molar-refractivity contribution in [3.63, 3.8) is 0 Å². The van der Waals surface area contributed by atoms with Gasteiger partial charge in [0.25, 0.3) is 0 Å². The van der Waals surface area contributed by atoms with Gasteiger partial charge >= 0.3 is 23.9 Å². The van der Waals surface area contributed by atoms with Crippen LogP contribution < -0.4 is 0 Å². The van der Waals surface area contributed by atoms with Gasteiger partial charge in [0.05, 0.1) is 22.3 Å². The second kappa shape index (κ2) is 15.9. The Morgan fingerprint density at radius 1 is 0.325 bits per heavy atom. The Labute approximate surface area is 226 Å². The Morgan fingerprint density at radius 2 is 0.475 bits per heavy atom. The fourth-order valence-corrected chi connectivity index (χ4v) is 2.62. The second-order valence-corrected chi connectivity index (χ2v) is 7.34. The highest BCUT2D eigenvalue weighted by atomic mass is 16.4. The molecule has 8 N–H and O–H groups in total. The van der Waals surface area contributed by atoms with Gasteiger partial charge in [0.2, 0.25) is 0 Å². The molecule has 0 atom stereocenters. The van der Waals surface area contributed by atoms with Gasteiger partial charge in [-0.15, -0.1) is 0 Å². The maximum absolute atomic E-state index is 10.5. The van der Waals surface area contributed by atoms with E-state index in [4.69, 9.17) is 40.9 Å². The number of phenols is 4. The van der Waals surface area contributed by atoms with Crippen molar-refractivity contribution in [2.45, 2.75) is 0 Å². The topological polar surface area (TPSA) is 230 Å². The van der Waals surface area contributed by atoms with Crippen molar-refractivity contribution < 1.29 is 60.0 Å². The highest BCUT2D eigenvalue weighted by molar-refractivity contribution is 6.02. The molecule has 0 bridgehead atoms. The average molecular weight is 552 g/mol. The summed E-state index contributed by atoms with van der Waals surface area (Å²) in [5.74, 6) is -4.24. The summed E-state index contributed by atoms with van der Waals surface area (Å²) in [5, 5.41) is 68.8. The molecule has 12 nitrogen and oxygen atoms in total. The standard InChI is InChI=1S/2C8H6O4.2C6H6O2/c2*9-7(10)5-3-1-2-4-6(5)8(11)12;2*7-5-1-2-6(8)4-3-5/h2*1-4H,(H,9,10)(H,11,12);2*1-4,7-8H. The van der Waals surface area contributed by atoms with Crippen LogP contribution in [0, 0.1) is 0 Å². The number of benzene rings is 4. The minimum atomic E-state index is -1.23. The van der Waals surface area contributed by atoms with E-state index in [-0.39, 0.29) is 45.3 Å². The minimum Gasteiger partial charge on any atom is -0.508 e. The van der Waals surface area contributed by atoms with Gasteiger partial charge in [-0.1, -0.05) is 24.3 Å². The Morgan fingerprint density at radius 3 is 0.600 bits per heavy atom. The van der Waals surface area contributed by atoms with Gasteiger partial charge in [0.1, 0.15) is 23.0 Å². The second-order valence-electron chi connectivity index (χ2n) is 7.34. The zero-order valence-electron chi connectivity index (χ0n) is 20.4. The molecule has 0 heterocycles. The van der Waals surface area contributed by atoms with Crippen LogP contribution >= 0.6 is 0 Å². The SMILES string of the molecule is O=C(O)c1ccccc1C(=O)O.O=C(O)c1ccccc1C(=O)O.Oc1ccc(O)cc1.Oc1ccc(O)cc1. The molecule has 0 saturated heterocycles. The van der Waals surface area contributed by atoms with Gasteiger partial charge < -0.3 is 40.9 Å². The fourth-order valence-electron chi connectivity index (χ4n) is 2.62. The van der Waals surface area contributed by atoms with Crippen LogP contribution in [-0.4, -0.2) is 64.7 Å². The molecule has 0 aromatic heterocycles. The Hall–Kier alpha value is -6.04. The number of carbonyl (C=O) groups is 4. The van der Waals surface area contributed by atoms with Crippen LogP contribution in [0.2, 0.25) is 0 Å². The maximum atomic E-state index is 10.5. The Kier molecular flexibility index (Phi) is 12.7. The fraction of sp³-hybridized carbons (Fsp3) is 0. The summed E-state index contributed by atoms with van der Waals surface area (Å²) in [6.07, 6.45) is 0. The first-order valence-corrected chi connectivity index (χ1v) is 10.9. The van der Waals surface area contributed by atoms with E-state index < -0.39 is 23.9 Å². The van der Waals surface area contributed by atoms with Gasteiger partial charge in [-0.05, 0) is 72.8 Å². The summed E-state index contributed by atoms with van der Waals surface area (Å²) in [6, 6.07) is 22.4. The normalized spacial score (nSPS) is 9.20. The van der Waals surface area contributed by atoms with Crippen molar-refractivity contribution in [1.29, 1.82) is 0 Å². The quantitative estimate of drug-likeness (QED) is 0.165. The highest BCUT2D eigenvalue weighted by Gasteiger charge is 2.14. The molecule has 0 saturated carbocycles. The van der Waals surface area contributed by atoms with Crippen LogP contribution in [0.1, 0.15) is 41.4 Å². The summed E-state index contributed by atoms with van der Waals surface area (Å²) >= 11 is 0. The van der Waals surface area contributed by atoms with E-state index in [1.165, 1.54) is 97.1 Å². The lowest BCUT2D eigenvalue weighted by atomic mass is 10.1. The van der Waals surface area contributed by atoms with Crippen molar-refractivity contribution >= 4 is 23.9 Å². The maximum Gasteiger partial charge on any atom is 0.336 e. The molecule has 40 heavy (non-hydrogen) atoms. The number of phenolic OH excluding ortho intramolecular Hbond substituents is 4. The molecule has 4 aromatic rings. The van der Waals surface area contributed by atoms with Crippen LogP contribution in [0.3, 0.4) is 0 Å². The van der Waals surface area contributed by atoms with Crippen LogP contribution in [-0.2, 0) is 0 Å². The van der Waals surface area contributed by atoms with Gasteiger partial charge in [0, 0.05) is 0 Å². The van der Waals surface area contributed by atoms with E-state index in [1.807, 2.05) is 0 Å². The van der Waals surface area contributed by atoms with Gasteiger partial charge in [-0.2, -0.15) is 0 Å². The van der Waals surface area contributed by atoms with E-state index in [1.54, 1.807) is 0 Å². The molecule has 0 spiro atoms. The number of aromatic carboxylic acids is 4. The van der Waals surface area contributed by atoms with E-state index in [9.17, 15) is 19.2 Å². The number of carboxylic acids is 4. The average Bonchev–Trinajstić information content (AvgIpc) is 2.93. The van der Waals surface area contributed by atoms with Crippen LogP contribution in [0.25, 0.3) is 0 Å². The van der Waals surface area contributed by atoms with E-state index in [2.05, 4.69) is 0 Å². The lowest BCUT2D eigenvalue weighted by Crippen LogP contribution is -2.06. The number of hydrogen-bond acceptors (Lipinski definition) is 8. The van der Waals surface area contributed by atoms with Crippen LogP contribution in [0.15, 0.2) is 97.1 Å². The van der Waals surface area contributed by atoms with E-state index in [0.717, 1.165) is 0 Å². The number of aromatic hydroxyl groups is 4. The monoisotopic (exact) mass is 552 g/mol. The van der Waals surface area contributed by atoms with Gasteiger partial charge in [0.15, 0.2) is 0 Å². The predicted octanol–water partition coefficient (Wildman–Crippen LogP) is 4.36. The minimum absolute atomic E-state index is 0.169. The third-order valence-corrected chi connectivity index (χ3v) is 4.48. The molecule has 0 aliphatic heterocycles. The summed E-state index contributed by atoms with van der Waals surface area (Å²) < 4.78 is 0. The van der Waals surface area contributed by atoms with E-state index in [0.29, 0.717) is 0 Å². The lowest BCUT2D eigenvalue weighted by molar-refractivity contribution is 0.0651. The van der Waals surface area contributed by atoms with Crippen molar-refractivity contribution in [3.05, 3.63) is 119 Å². The number of hydrogen-bond donors (Lipinski definition) is 8. The third-order valence-electron chi connectivity index (χ3n) is 4.48. The molecule has 0 aliphatic rings. The Balaban J connectivity index is 0.000000271. The van der Waals surface area contributed by atoms with Crippen molar-refractivity contribution in [2.24, 2.45) is 0 Å². The molecule has 0 radical (unpaired) electrons. The molecule has 12 heteroatoms. The van der Waals surface area contributed by atoms with Crippen LogP contribution in [0.5, 0.6) is 23.0 Å². The van der Waals surface area contributed by atoms with E-state index >= 15 is 0 Å². The predicted molar refractivity (Wildman–Crippen MR) is 140 cm³/mol. The van der Waals surface area contributed by atoms with Gasteiger partial charge in [-0.25, -0.2) is 19.2 Å². The summed E-state index contributed by atoms with van der Waals surface area (Å²) in [4.78, 5) is 41.9. The van der Waals surface area contributed by atoms with Crippen LogP contribution in [0.4, 0.5) is 0 Å². The molecule has 4 aromatic carbocycles. The smallest absolute Gasteiger partial charge is 0.336 e. The number of carboxylic acid groups (broad SMARTS) is 4. The molecular weight excluding hydrogens is 528 g/mol. The zero-order chi connectivity index (χ0) is 30.2. The zero-order valence-corrected chi connectivity index (χ0v) is 20.4. The lowest BCUT2D eigenvalue weighted by Gasteiger charge is -1.98. The largest absolute Gasteiger partial charge is 0.508 e. The highest BCUT2D eigenvalue weighted by Crippen LogP contribution is 2.14. The Bertz CT molecular complexity index is 1210. The first-order valence-electron chi connectivity index (χ1n) is 10.9. The molecule has 4 rings (SSSR count).